The summed E-state index contributed by atoms with van der Waals surface area (Å²) in [6.45, 7) is 2.21. The van der Waals surface area contributed by atoms with E-state index in [2.05, 4.69) is 133 Å². The molecule has 7 aromatic carbocycles. The fourth-order valence-corrected chi connectivity index (χ4v) is 7.95. The fraction of sp³-hybridized carbons (Fsp3) is 0.0233. The smallest absolute Gasteiger partial charge is 0.160 e. The molecular weight excluding hydrogens is 562 g/mol. The van der Waals surface area contributed by atoms with E-state index in [1.54, 1.807) is 0 Å². The Balaban J connectivity index is 1.34. The van der Waals surface area contributed by atoms with Gasteiger partial charge >= 0.3 is 0 Å². The summed E-state index contributed by atoms with van der Waals surface area (Å²) in [4.78, 5) is 0. The monoisotopic (exact) mass is 587 g/mol. The van der Waals surface area contributed by atoms with Crippen molar-refractivity contribution >= 4 is 82.0 Å². The highest BCUT2D eigenvalue weighted by Gasteiger charge is 2.25. The van der Waals surface area contributed by atoms with Crippen molar-refractivity contribution in [2.24, 2.45) is 0 Å². The van der Waals surface area contributed by atoms with E-state index in [0.717, 1.165) is 54.9 Å². The predicted octanol–water partition coefficient (Wildman–Crippen LogP) is 12.3. The average Bonchev–Trinajstić information content (AvgIpc) is 3.85. The van der Waals surface area contributed by atoms with E-state index >= 15 is 0 Å². The van der Waals surface area contributed by atoms with Gasteiger partial charge in [-0.1, -0.05) is 91.0 Å². The van der Waals surface area contributed by atoms with Crippen LogP contribution in [0.1, 0.15) is 5.56 Å². The summed E-state index contributed by atoms with van der Waals surface area (Å²) in [6, 6.07) is 47.9. The highest BCUT2D eigenvalue weighted by atomic mass is 16.3. The minimum absolute atomic E-state index is 0.900. The molecule has 0 saturated heterocycles. The summed E-state index contributed by atoms with van der Waals surface area (Å²) in [7, 11) is 0. The number of nitrogens with zero attached hydrogens (tertiary/aromatic N) is 1. The number of rotatable bonds is 2. The molecule has 11 rings (SSSR count). The van der Waals surface area contributed by atoms with Gasteiger partial charge in [0.05, 0.1) is 16.6 Å². The van der Waals surface area contributed by atoms with Crippen molar-refractivity contribution in [2.45, 2.75) is 6.92 Å². The second-order valence-electron chi connectivity index (χ2n) is 12.5. The summed E-state index contributed by atoms with van der Waals surface area (Å²) in [5.74, 6) is 0. The third-order valence-corrected chi connectivity index (χ3v) is 10.1. The van der Waals surface area contributed by atoms with Crippen molar-refractivity contribution in [3.63, 3.8) is 0 Å². The van der Waals surface area contributed by atoms with Crippen LogP contribution in [0.2, 0.25) is 0 Å². The summed E-state index contributed by atoms with van der Waals surface area (Å²) < 4.78 is 15.8. The van der Waals surface area contributed by atoms with E-state index in [0.29, 0.717) is 0 Å². The SMILES string of the molecule is Cc1ccc(-c2ccccc2)cc1-c1cc2c3ccc4c5ccccc5oc4c3n3c2c(c1)c1ccc2c4ccccc4oc2c13. The van der Waals surface area contributed by atoms with Crippen LogP contribution < -0.4 is 0 Å². The lowest BCUT2D eigenvalue weighted by molar-refractivity contribution is 0.670. The number of aromatic nitrogens is 1. The number of fused-ring (bicyclic) bond motifs is 14. The normalized spacial score (nSPS) is 12.5. The zero-order chi connectivity index (χ0) is 30.1. The van der Waals surface area contributed by atoms with Gasteiger partial charge in [-0.3, -0.25) is 0 Å². The summed E-state index contributed by atoms with van der Waals surface area (Å²) in [5, 5.41) is 9.31. The second kappa shape index (κ2) is 8.56. The van der Waals surface area contributed by atoms with Crippen molar-refractivity contribution < 1.29 is 8.83 Å². The van der Waals surface area contributed by atoms with E-state index < -0.39 is 0 Å². The predicted molar refractivity (Wildman–Crippen MR) is 191 cm³/mol. The second-order valence-corrected chi connectivity index (χ2v) is 12.5. The summed E-state index contributed by atoms with van der Waals surface area (Å²) in [5.41, 5.74) is 13.1. The molecule has 0 fully saturated rings. The van der Waals surface area contributed by atoms with Gasteiger partial charge in [0.15, 0.2) is 11.2 Å². The number of hydrogen-bond donors (Lipinski definition) is 0. The molecule has 0 radical (unpaired) electrons. The molecule has 0 aliphatic rings. The molecule has 0 spiro atoms. The molecular formula is C43H25NO2. The third-order valence-electron chi connectivity index (χ3n) is 10.1. The van der Waals surface area contributed by atoms with Crippen molar-refractivity contribution in [1.82, 2.24) is 4.40 Å². The van der Waals surface area contributed by atoms with Crippen LogP contribution >= 0.6 is 0 Å². The molecule has 46 heavy (non-hydrogen) atoms. The van der Waals surface area contributed by atoms with Gasteiger partial charge in [0.2, 0.25) is 0 Å². The number of hydrogen-bond acceptors (Lipinski definition) is 2. The molecule has 0 unspecified atom stereocenters. The van der Waals surface area contributed by atoms with Crippen LogP contribution in [0.15, 0.2) is 142 Å². The highest BCUT2D eigenvalue weighted by Crippen LogP contribution is 2.48. The first kappa shape index (κ1) is 24.3. The minimum atomic E-state index is 0.900. The summed E-state index contributed by atoms with van der Waals surface area (Å²) >= 11 is 0. The van der Waals surface area contributed by atoms with E-state index in [4.69, 9.17) is 8.83 Å². The van der Waals surface area contributed by atoms with E-state index in [1.165, 1.54) is 54.9 Å². The van der Waals surface area contributed by atoms with E-state index in [9.17, 15) is 0 Å². The number of furan rings is 2. The molecule has 0 atom stereocenters. The Kier molecular flexibility index (Phi) is 4.52. The Labute approximate surface area is 262 Å². The van der Waals surface area contributed by atoms with Gasteiger partial charge in [-0.2, -0.15) is 0 Å². The van der Waals surface area contributed by atoms with Gasteiger partial charge in [0.25, 0.3) is 0 Å². The molecule has 0 aliphatic heterocycles. The first-order valence-electron chi connectivity index (χ1n) is 15.8. The van der Waals surface area contributed by atoms with Crippen LogP contribution in [0.5, 0.6) is 0 Å². The van der Waals surface area contributed by atoms with E-state index in [-0.39, 0.29) is 0 Å². The average molecular weight is 588 g/mol. The van der Waals surface area contributed by atoms with Gasteiger partial charge < -0.3 is 13.2 Å². The van der Waals surface area contributed by atoms with Gasteiger partial charge in [0.1, 0.15) is 11.2 Å². The van der Waals surface area contributed by atoms with Crippen LogP contribution in [0, 0.1) is 6.92 Å². The van der Waals surface area contributed by atoms with Crippen molar-refractivity contribution in [3.05, 3.63) is 139 Å². The standard InChI is InChI=1S/C43H25NO2/c1-24-15-16-26(25-9-3-2-4-10-25)21-34(24)27-22-35-30-17-19-32-28-11-5-7-13-37(28)45-42(32)40(30)44-39(35)36(23-27)31-18-20-33-29-12-6-8-14-38(29)46-43(33)41(31)44/h2-23H,1H3. The quantitative estimate of drug-likeness (QED) is 0.201. The maximum absolute atomic E-state index is 6.69. The molecule has 0 N–H and O–H groups in total. The van der Waals surface area contributed by atoms with Crippen molar-refractivity contribution in [1.29, 1.82) is 0 Å². The molecule has 0 bridgehead atoms. The number of aryl methyl sites for hydroxylation is 1. The molecule has 4 heterocycles. The maximum Gasteiger partial charge on any atom is 0.160 e. The lowest BCUT2D eigenvalue weighted by Gasteiger charge is -2.11. The third kappa shape index (κ3) is 3.02. The molecule has 4 aromatic heterocycles. The molecule has 3 heteroatoms. The van der Waals surface area contributed by atoms with E-state index in [1.807, 2.05) is 12.1 Å². The lowest BCUT2D eigenvalue weighted by Crippen LogP contribution is -1.86. The van der Waals surface area contributed by atoms with Crippen LogP contribution in [-0.2, 0) is 0 Å². The zero-order valence-corrected chi connectivity index (χ0v) is 25.0. The van der Waals surface area contributed by atoms with Crippen LogP contribution in [-0.4, -0.2) is 4.40 Å². The Morgan fingerprint density at radius 2 is 0.935 bits per heavy atom. The Hall–Kier alpha value is -6.06. The molecule has 0 aliphatic carbocycles. The van der Waals surface area contributed by atoms with Crippen LogP contribution in [0.4, 0.5) is 0 Å². The van der Waals surface area contributed by atoms with Gasteiger partial charge in [-0.15, -0.1) is 0 Å². The van der Waals surface area contributed by atoms with Crippen molar-refractivity contribution in [3.8, 4) is 22.3 Å². The first-order chi connectivity index (χ1) is 22.7. The Morgan fingerprint density at radius 1 is 0.391 bits per heavy atom. The van der Waals surface area contributed by atoms with Gasteiger partial charge in [-0.05, 0) is 77.2 Å². The minimum Gasteiger partial charge on any atom is -0.454 e. The fourth-order valence-electron chi connectivity index (χ4n) is 7.95. The van der Waals surface area contributed by atoms with Crippen LogP contribution in [0.3, 0.4) is 0 Å². The number of benzene rings is 7. The topological polar surface area (TPSA) is 30.7 Å². The van der Waals surface area contributed by atoms with Gasteiger partial charge in [0, 0.05) is 43.1 Å². The molecule has 11 aromatic rings. The first-order valence-corrected chi connectivity index (χ1v) is 15.8. The molecule has 3 nitrogen and oxygen atoms in total. The molecule has 214 valence electrons. The Morgan fingerprint density at radius 3 is 1.54 bits per heavy atom. The largest absolute Gasteiger partial charge is 0.454 e. The van der Waals surface area contributed by atoms with Gasteiger partial charge in [-0.25, -0.2) is 0 Å². The lowest BCUT2D eigenvalue weighted by atomic mass is 9.93. The molecule has 0 amide bonds. The molecule has 0 saturated carbocycles. The summed E-state index contributed by atoms with van der Waals surface area (Å²) in [6.07, 6.45) is 0. The zero-order valence-electron chi connectivity index (χ0n) is 25.0. The number of para-hydroxylation sites is 2. The Bertz CT molecular complexity index is 2870. The van der Waals surface area contributed by atoms with Crippen molar-refractivity contribution in [2.75, 3.05) is 0 Å². The highest BCUT2D eigenvalue weighted by molar-refractivity contribution is 6.32. The maximum atomic E-state index is 6.69. The van der Waals surface area contributed by atoms with Crippen LogP contribution in [0.25, 0.3) is 104 Å².